The first-order chi connectivity index (χ1) is 9.93. The second kappa shape index (κ2) is 6.82. The molecule has 0 aliphatic carbocycles. The summed E-state index contributed by atoms with van der Waals surface area (Å²) in [6.07, 6.45) is 0.814. The van der Waals surface area contributed by atoms with E-state index >= 15 is 0 Å². The number of aryl methyl sites for hydroxylation is 3. The summed E-state index contributed by atoms with van der Waals surface area (Å²) in [6, 6.07) is 6.22. The van der Waals surface area contributed by atoms with Crippen LogP contribution >= 0.6 is 23.2 Å². The van der Waals surface area contributed by atoms with Crippen LogP contribution in [0.1, 0.15) is 35.3 Å². The van der Waals surface area contributed by atoms with Crippen molar-refractivity contribution in [2.75, 3.05) is 6.54 Å². The molecule has 0 saturated carbocycles. The number of halogens is 2. The van der Waals surface area contributed by atoms with Crippen molar-refractivity contribution < 1.29 is 0 Å². The van der Waals surface area contributed by atoms with Gasteiger partial charge in [0.2, 0.25) is 0 Å². The van der Waals surface area contributed by atoms with Crippen LogP contribution in [0.15, 0.2) is 18.2 Å². The van der Waals surface area contributed by atoms with E-state index in [-0.39, 0.29) is 6.04 Å². The van der Waals surface area contributed by atoms with Crippen LogP contribution in [0.25, 0.3) is 0 Å². The fourth-order valence-corrected chi connectivity index (χ4v) is 3.16. The lowest BCUT2D eigenvalue weighted by Crippen LogP contribution is -2.24. The van der Waals surface area contributed by atoms with Crippen LogP contribution in [0.3, 0.4) is 0 Å². The number of rotatable bonds is 5. The predicted octanol–water partition coefficient (Wildman–Crippen LogP) is 4.24. The largest absolute Gasteiger partial charge is 0.310 e. The molecule has 1 aromatic heterocycles. The molecule has 21 heavy (non-hydrogen) atoms. The third kappa shape index (κ3) is 3.60. The quantitative estimate of drug-likeness (QED) is 0.891. The number of aromatic nitrogens is 2. The van der Waals surface area contributed by atoms with Gasteiger partial charge >= 0.3 is 0 Å². The standard InChI is InChI=1S/C16H21Cl2N3/c1-5-19-15(13-7-6-12(17)8-10(13)2)9-14-11(3)20-21(4)16(14)18/h6-8,15,19H,5,9H2,1-4H3. The maximum absolute atomic E-state index is 6.36. The highest BCUT2D eigenvalue weighted by Gasteiger charge is 2.19. The van der Waals surface area contributed by atoms with E-state index in [1.807, 2.05) is 26.1 Å². The number of nitrogens with zero attached hydrogens (tertiary/aromatic N) is 2. The van der Waals surface area contributed by atoms with Crippen molar-refractivity contribution >= 4 is 23.2 Å². The van der Waals surface area contributed by atoms with Gasteiger partial charge in [0.05, 0.1) is 5.69 Å². The minimum absolute atomic E-state index is 0.202. The molecule has 0 amide bonds. The smallest absolute Gasteiger partial charge is 0.130 e. The van der Waals surface area contributed by atoms with E-state index in [2.05, 4.69) is 30.3 Å². The van der Waals surface area contributed by atoms with Gasteiger partial charge in [-0.25, -0.2) is 0 Å². The molecule has 0 fully saturated rings. The highest BCUT2D eigenvalue weighted by atomic mass is 35.5. The molecule has 1 aromatic carbocycles. The van der Waals surface area contributed by atoms with Gasteiger partial charge in [0, 0.05) is 23.7 Å². The second-order valence-electron chi connectivity index (χ2n) is 5.29. The van der Waals surface area contributed by atoms with Gasteiger partial charge in [0.25, 0.3) is 0 Å². The molecule has 114 valence electrons. The number of hydrogen-bond donors (Lipinski definition) is 1. The molecule has 0 spiro atoms. The Hall–Kier alpha value is -1.03. The predicted molar refractivity (Wildman–Crippen MR) is 89.3 cm³/mol. The summed E-state index contributed by atoms with van der Waals surface area (Å²) in [6.45, 7) is 7.09. The van der Waals surface area contributed by atoms with Crippen molar-refractivity contribution in [1.82, 2.24) is 15.1 Å². The van der Waals surface area contributed by atoms with Crippen molar-refractivity contribution in [1.29, 1.82) is 0 Å². The monoisotopic (exact) mass is 325 g/mol. The molecular formula is C16H21Cl2N3. The Labute approximate surface area is 136 Å². The number of hydrogen-bond acceptors (Lipinski definition) is 2. The number of nitrogens with one attached hydrogen (secondary N) is 1. The minimum atomic E-state index is 0.202. The molecule has 0 saturated heterocycles. The normalized spacial score (nSPS) is 12.7. The van der Waals surface area contributed by atoms with Gasteiger partial charge in [-0.05, 0) is 50.1 Å². The van der Waals surface area contributed by atoms with Crippen molar-refractivity contribution in [3.05, 3.63) is 50.8 Å². The molecule has 5 heteroatoms. The van der Waals surface area contributed by atoms with Gasteiger partial charge in [-0.1, -0.05) is 36.2 Å². The highest BCUT2D eigenvalue weighted by Crippen LogP contribution is 2.28. The average Bonchev–Trinajstić information content (AvgIpc) is 2.65. The van der Waals surface area contributed by atoms with Gasteiger partial charge in [-0.15, -0.1) is 0 Å². The molecule has 2 rings (SSSR count). The molecular weight excluding hydrogens is 305 g/mol. The Morgan fingerprint density at radius 3 is 2.52 bits per heavy atom. The van der Waals surface area contributed by atoms with Crippen molar-refractivity contribution in [3.8, 4) is 0 Å². The zero-order valence-electron chi connectivity index (χ0n) is 12.9. The molecule has 1 atom stereocenters. The first-order valence-electron chi connectivity index (χ1n) is 7.11. The first kappa shape index (κ1) is 16.3. The van der Waals surface area contributed by atoms with Crippen LogP contribution in [0, 0.1) is 13.8 Å². The Balaban J connectivity index is 2.35. The third-order valence-electron chi connectivity index (χ3n) is 3.74. The summed E-state index contributed by atoms with van der Waals surface area (Å²) in [5.41, 5.74) is 4.52. The van der Waals surface area contributed by atoms with Gasteiger partial charge in [0.15, 0.2) is 0 Å². The van der Waals surface area contributed by atoms with E-state index in [1.54, 1.807) is 4.68 Å². The lowest BCUT2D eigenvalue weighted by molar-refractivity contribution is 0.546. The molecule has 2 aromatic rings. The summed E-state index contributed by atoms with van der Waals surface area (Å²) >= 11 is 12.4. The summed E-state index contributed by atoms with van der Waals surface area (Å²) < 4.78 is 1.73. The molecule has 1 N–H and O–H groups in total. The van der Waals surface area contributed by atoms with Crippen LogP contribution in [-0.4, -0.2) is 16.3 Å². The van der Waals surface area contributed by atoms with Gasteiger partial charge in [-0.3, -0.25) is 4.68 Å². The zero-order valence-corrected chi connectivity index (χ0v) is 14.4. The van der Waals surface area contributed by atoms with Crippen LogP contribution in [-0.2, 0) is 13.5 Å². The van der Waals surface area contributed by atoms with E-state index in [1.165, 1.54) is 11.1 Å². The number of benzene rings is 1. The van der Waals surface area contributed by atoms with Crippen LogP contribution in [0.4, 0.5) is 0 Å². The zero-order chi connectivity index (χ0) is 15.6. The van der Waals surface area contributed by atoms with E-state index in [4.69, 9.17) is 23.2 Å². The van der Waals surface area contributed by atoms with Crippen LogP contribution in [0.5, 0.6) is 0 Å². The first-order valence-corrected chi connectivity index (χ1v) is 7.87. The fraction of sp³-hybridized carbons (Fsp3) is 0.438. The summed E-state index contributed by atoms with van der Waals surface area (Å²) in [7, 11) is 1.87. The van der Waals surface area contributed by atoms with Gasteiger partial charge < -0.3 is 5.32 Å². The molecule has 1 heterocycles. The van der Waals surface area contributed by atoms with E-state index in [9.17, 15) is 0 Å². The Morgan fingerprint density at radius 2 is 2.00 bits per heavy atom. The van der Waals surface area contributed by atoms with Crippen LogP contribution in [0.2, 0.25) is 10.2 Å². The SMILES string of the molecule is CCNC(Cc1c(C)nn(C)c1Cl)c1ccc(Cl)cc1C. The Bertz CT molecular complexity index is 635. The fourth-order valence-electron chi connectivity index (χ4n) is 2.68. The summed E-state index contributed by atoms with van der Waals surface area (Å²) in [5, 5.41) is 9.40. The lowest BCUT2D eigenvalue weighted by atomic mass is 9.95. The van der Waals surface area contributed by atoms with Crippen molar-refractivity contribution in [3.63, 3.8) is 0 Å². The van der Waals surface area contributed by atoms with E-state index in [0.29, 0.717) is 5.15 Å². The highest BCUT2D eigenvalue weighted by molar-refractivity contribution is 6.30. The summed E-state index contributed by atoms with van der Waals surface area (Å²) in [5.74, 6) is 0. The van der Waals surface area contributed by atoms with Crippen molar-refractivity contribution in [2.45, 2.75) is 33.2 Å². The van der Waals surface area contributed by atoms with Gasteiger partial charge in [0.1, 0.15) is 5.15 Å². The average molecular weight is 326 g/mol. The van der Waals surface area contributed by atoms with E-state index < -0.39 is 0 Å². The van der Waals surface area contributed by atoms with Crippen molar-refractivity contribution in [2.24, 2.45) is 7.05 Å². The molecule has 3 nitrogen and oxygen atoms in total. The number of likely N-dealkylation sites (N-methyl/N-ethyl adjacent to an activating group) is 1. The topological polar surface area (TPSA) is 29.9 Å². The molecule has 0 aliphatic heterocycles. The van der Waals surface area contributed by atoms with Gasteiger partial charge in [-0.2, -0.15) is 5.10 Å². The third-order valence-corrected chi connectivity index (χ3v) is 4.44. The van der Waals surface area contributed by atoms with Crippen LogP contribution < -0.4 is 5.32 Å². The lowest BCUT2D eigenvalue weighted by Gasteiger charge is -2.20. The maximum atomic E-state index is 6.36. The second-order valence-corrected chi connectivity index (χ2v) is 6.09. The molecule has 1 unspecified atom stereocenters. The Kier molecular flexibility index (Phi) is 5.31. The molecule has 0 radical (unpaired) electrons. The molecule has 0 bridgehead atoms. The minimum Gasteiger partial charge on any atom is -0.310 e. The van der Waals surface area contributed by atoms with E-state index in [0.717, 1.165) is 29.2 Å². The molecule has 0 aliphatic rings. The maximum Gasteiger partial charge on any atom is 0.130 e. The summed E-state index contributed by atoms with van der Waals surface area (Å²) in [4.78, 5) is 0. The Morgan fingerprint density at radius 1 is 1.29 bits per heavy atom.